The number of ether oxygens (including phenoxy) is 1. The molecule has 1 aliphatic rings. The maximum Gasteiger partial charge on any atom is 0.417 e. The Balaban J connectivity index is 1.12. The minimum Gasteiger partial charge on any atom is -0.488 e. The lowest BCUT2D eigenvalue weighted by Gasteiger charge is -2.35. The van der Waals surface area contributed by atoms with Crippen molar-refractivity contribution in [1.29, 1.82) is 0 Å². The van der Waals surface area contributed by atoms with Gasteiger partial charge in [-0.2, -0.15) is 13.2 Å². The summed E-state index contributed by atoms with van der Waals surface area (Å²) in [6.45, 7) is 0.858. The fraction of sp³-hybridized carbons (Fsp3) is 0.235. The standard InChI is InChI=1S/C34H32F3N3O4/c35-34(36,37)29-12-6-4-11-28(29)33(43)40-20-18-39(19-21-40)31(41)22-38-32(42)26-16-14-25(15-17-26)27-10-5-7-13-30(27)44-23-24-8-2-1-3-9-24/h1-17,32,38,42H,18-23H2. The van der Waals surface area contributed by atoms with Gasteiger partial charge in [0.15, 0.2) is 0 Å². The van der Waals surface area contributed by atoms with Crippen LogP contribution in [0.25, 0.3) is 11.1 Å². The first-order valence-corrected chi connectivity index (χ1v) is 14.2. The maximum atomic E-state index is 13.4. The highest BCUT2D eigenvalue weighted by molar-refractivity contribution is 5.96. The van der Waals surface area contributed by atoms with Crippen LogP contribution in [0.3, 0.4) is 0 Å². The van der Waals surface area contributed by atoms with E-state index in [0.717, 1.165) is 28.5 Å². The van der Waals surface area contributed by atoms with E-state index in [1.165, 1.54) is 28.0 Å². The molecule has 1 aliphatic heterocycles. The molecule has 1 unspecified atom stereocenters. The minimum absolute atomic E-state index is 0.108. The number of rotatable bonds is 9. The number of nitrogens with one attached hydrogen (secondary N) is 1. The number of carbonyl (C=O) groups is 2. The van der Waals surface area contributed by atoms with E-state index in [2.05, 4.69) is 5.32 Å². The summed E-state index contributed by atoms with van der Waals surface area (Å²) in [5, 5.41) is 13.5. The molecule has 2 N–H and O–H groups in total. The molecular formula is C34H32F3N3O4. The van der Waals surface area contributed by atoms with Crippen LogP contribution in [0.5, 0.6) is 5.75 Å². The number of amides is 2. The molecule has 7 nitrogen and oxygen atoms in total. The van der Waals surface area contributed by atoms with Crippen LogP contribution in [0.15, 0.2) is 103 Å². The molecule has 1 saturated heterocycles. The number of alkyl halides is 3. The Morgan fingerprint density at radius 2 is 1.41 bits per heavy atom. The Morgan fingerprint density at radius 3 is 2.11 bits per heavy atom. The van der Waals surface area contributed by atoms with Crippen molar-refractivity contribution in [2.24, 2.45) is 0 Å². The first-order valence-electron chi connectivity index (χ1n) is 14.2. The average molecular weight is 604 g/mol. The zero-order valence-corrected chi connectivity index (χ0v) is 23.8. The lowest BCUT2D eigenvalue weighted by atomic mass is 10.0. The first kappa shape index (κ1) is 30.8. The zero-order chi connectivity index (χ0) is 31.1. The van der Waals surface area contributed by atoms with E-state index in [-0.39, 0.29) is 38.6 Å². The molecule has 228 valence electrons. The molecule has 1 fully saturated rings. The van der Waals surface area contributed by atoms with E-state index in [9.17, 15) is 27.9 Å². The lowest BCUT2D eigenvalue weighted by molar-refractivity contribution is -0.138. The summed E-state index contributed by atoms with van der Waals surface area (Å²) >= 11 is 0. The molecule has 1 atom stereocenters. The summed E-state index contributed by atoms with van der Waals surface area (Å²) in [5.74, 6) is -0.264. The normalized spacial score (nSPS) is 14.3. The van der Waals surface area contributed by atoms with E-state index in [1.54, 1.807) is 12.1 Å². The molecule has 0 aromatic heterocycles. The minimum atomic E-state index is -4.64. The monoisotopic (exact) mass is 603 g/mol. The fourth-order valence-corrected chi connectivity index (χ4v) is 5.07. The third-order valence-corrected chi connectivity index (χ3v) is 7.49. The van der Waals surface area contributed by atoms with E-state index in [1.807, 2.05) is 66.7 Å². The fourth-order valence-electron chi connectivity index (χ4n) is 5.07. The summed E-state index contributed by atoms with van der Waals surface area (Å²) in [6.07, 6.45) is -5.74. The van der Waals surface area contributed by atoms with Crippen LogP contribution in [0.1, 0.15) is 33.3 Å². The zero-order valence-electron chi connectivity index (χ0n) is 23.8. The third-order valence-electron chi connectivity index (χ3n) is 7.49. The van der Waals surface area contributed by atoms with Crippen molar-refractivity contribution in [2.75, 3.05) is 32.7 Å². The number of benzene rings is 4. The van der Waals surface area contributed by atoms with Gasteiger partial charge in [-0.25, -0.2) is 0 Å². The second kappa shape index (κ2) is 13.7. The Kier molecular flexibility index (Phi) is 9.62. The number of aliphatic hydroxyl groups excluding tert-OH is 1. The highest BCUT2D eigenvalue weighted by atomic mass is 19.4. The maximum absolute atomic E-state index is 13.4. The van der Waals surface area contributed by atoms with Crippen molar-refractivity contribution >= 4 is 11.8 Å². The summed E-state index contributed by atoms with van der Waals surface area (Å²) < 4.78 is 46.1. The van der Waals surface area contributed by atoms with Crippen molar-refractivity contribution in [3.05, 3.63) is 125 Å². The number of halogens is 3. The van der Waals surface area contributed by atoms with Gasteiger partial charge in [0.1, 0.15) is 18.6 Å². The predicted octanol–water partition coefficient (Wildman–Crippen LogP) is 5.52. The van der Waals surface area contributed by atoms with Crippen LogP contribution in [0.2, 0.25) is 0 Å². The Hall–Kier alpha value is -4.67. The number of hydrogen-bond acceptors (Lipinski definition) is 5. The van der Waals surface area contributed by atoms with Crippen molar-refractivity contribution in [2.45, 2.75) is 19.0 Å². The van der Waals surface area contributed by atoms with E-state index >= 15 is 0 Å². The second-order valence-electron chi connectivity index (χ2n) is 10.4. The highest BCUT2D eigenvalue weighted by Gasteiger charge is 2.36. The molecule has 10 heteroatoms. The number of nitrogens with zero attached hydrogens (tertiary/aromatic N) is 2. The molecule has 4 aromatic carbocycles. The first-order chi connectivity index (χ1) is 21.2. The third kappa shape index (κ3) is 7.45. The van der Waals surface area contributed by atoms with Gasteiger partial charge in [0.2, 0.25) is 5.91 Å². The van der Waals surface area contributed by atoms with Crippen molar-refractivity contribution in [3.63, 3.8) is 0 Å². The van der Waals surface area contributed by atoms with Gasteiger partial charge in [-0.1, -0.05) is 84.9 Å². The van der Waals surface area contributed by atoms with Gasteiger partial charge in [-0.05, 0) is 34.9 Å². The SMILES string of the molecule is O=C(CNC(O)c1ccc(-c2ccccc2OCc2ccccc2)cc1)N1CCN(C(=O)c2ccccc2C(F)(F)F)CC1. The van der Waals surface area contributed by atoms with Crippen LogP contribution in [0, 0.1) is 0 Å². The number of piperazine rings is 1. The summed E-state index contributed by atoms with van der Waals surface area (Å²) in [6, 6.07) is 29.6. The van der Waals surface area contributed by atoms with Crippen molar-refractivity contribution in [3.8, 4) is 16.9 Å². The van der Waals surface area contributed by atoms with Crippen LogP contribution in [0.4, 0.5) is 13.2 Å². The van der Waals surface area contributed by atoms with E-state index in [4.69, 9.17) is 4.74 Å². The smallest absolute Gasteiger partial charge is 0.417 e. The summed E-state index contributed by atoms with van der Waals surface area (Å²) in [5.41, 5.74) is 2.07. The molecule has 0 aliphatic carbocycles. The number of para-hydroxylation sites is 1. The molecule has 44 heavy (non-hydrogen) atoms. The molecule has 4 aromatic rings. The molecule has 2 amide bonds. The summed E-state index contributed by atoms with van der Waals surface area (Å²) in [7, 11) is 0. The van der Waals surface area contributed by atoms with Gasteiger partial charge in [-0.15, -0.1) is 0 Å². The molecule has 0 radical (unpaired) electrons. The van der Waals surface area contributed by atoms with Gasteiger partial charge in [0.05, 0.1) is 17.7 Å². The number of hydrogen-bond donors (Lipinski definition) is 2. The molecule has 0 saturated carbocycles. The van der Waals surface area contributed by atoms with E-state index < -0.39 is 29.4 Å². The van der Waals surface area contributed by atoms with Crippen molar-refractivity contribution < 1.29 is 32.6 Å². The van der Waals surface area contributed by atoms with Crippen LogP contribution in [-0.4, -0.2) is 59.4 Å². The average Bonchev–Trinajstić information content (AvgIpc) is 3.06. The summed E-state index contributed by atoms with van der Waals surface area (Å²) in [4.78, 5) is 28.4. The van der Waals surface area contributed by atoms with Gasteiger partial charge >= 0.3 is 6.18 Å². The molecule has 0 bridgehead atoms. The molecular weight excluding hydrogens is 571 g/mol. The largest absolute Gasteiger partial charge is 0.488 e. The molecule has 0 spiro atoms. The topological polar surface area (TPSA) is 82.1 Å². The Bertz CT molecular complexity index is 1570. The quantitative estimate of drug-likeness (QED) is 0.247. The predicted molar refractivity (Wildman–Crippen MR) is 160 cm³/mol. The number of aliphatic hydroxyl groups is 1. The van der Waals surface area contributed by atoms with Gasteiger partial charge < -0.3 is 19.6 Å². The van der Waals surface area contributed by atoms with Gasteiger partial charge in [0, 0.05) is 31.7 Å². The van der Waals surface area contributed by atoms with Crippen LogP contribution >= 0.6 is 0 Å². The van der Waals surface area contributed by atoms with E-state index in [0.29, 0.717) is 12.2 Å². The van der Waals surface area contributed by atoms with Gasteiger partial charge in [0.25, 0.3) is 5.91 Å². The Labute approximate surface area is 253 Å². The lowest BCUT2D eigenvalue weighted by Crippen LogP contribution is -2.52. The van der Waals surface area contributed by atoms with Crippen molar-refractivity contribution in [1.82, 2.24) is 15.1 Å². The molecule has 1 heterocycles. The highest BCUT2D eigenvalue weighted by Crippen LogP contribution is 2.33. The van der Waals surface area contributed by atoms with Crippen LogP contribution < -0.4 is 10.1 Å². The second-order valence-corrected chi connectivity index (χ2v) is 10.4. The van der Waals surface area contributed by atoms with Crippen LogP contribution in [-0.2, 0) is 17.6 Å². The number of carbonyl (C=O) groups excluding carboxylic acids is 2. The molecule has 5 rings (SSSR count). The Morgan fingerprint density at radius 1 is 0.795 bits per heavy atom. The van der Waals surface area contributed by atoms with Gasteiger partial charge in [-0.3, -0.25) is 14.9 Å².